The number of carbonyl (C=O) groups is 3. The number of anilines is 1. The number of carboxylic acids is 1. The van der Waals surface area contributed by atoms with Crippen LogP contribution in [0.1, 0.15) is 39.0 Å². The molecule has 1 aliphatic heterocycles. The van der Waals surface area contributed by atoms with Crippen LogP contribution in [0.5, 0.6) is 5.75 Å². The molecule has 4 N–H and O–H groups in total. The van der Waals surface area contributed by atoms with Gasteiger partial charge in [-0.05, 0) is 45.1 Å². The number of terminal acetylenes is 1. The summed E-state index contributed by atoms with van der Waals surface area (Å²) in [4.78, 5) is 44.8. The summed E-state index contributed by atoms with van der Waals surface area (Å²) in [5.74, 6) is -0.333. The van der Waals surface area contributed by atoms with Crippen LogP contribution in [-0.2, 0) is 18.9 Å². The number of rotatable bonds is 7. The van der Waals surface area contributed by atoms with Crippen molar-refractivity contribution in [1.82, 2.24) is 0 Å². The molecule has 0 spiro atoms. The number of ether oxygens (including phenoxy) is 1. The summed E-state index contributed by atoms with van der Waals surface area (Å²) in [6.45, 7) is 2.81. The number of nitrogens with two attached hydrogens (primary N) is 1. The van der Waals surface area contributed by atoms with E-state index in [1.165, 1.54) is 12.7 Å². The van der Waals surface area contributed by atoms with E-state index in [1.807, 2.05) is 0 Å². The normalized spacial score (nSPS) is 18.6. The molecule has 1 aromatic rings. The first kappa shape index (κ1) is 28.5. The summed E-state index contributed by atoms with van der Waals surface area (Å²) < 4.78 is 30.5. The van der Waals surface area contributed by atoms with Gasteiger partial charge in [0, 0.05) is 30.0 Å². The van der Waals surface area contributed by atoms with Crippen molar-refractivity contribution in [3.8, 4) is 18.1 Å². The third-order valence-corrected chi connectivity index (χ3v) is 6.73. The molecule has 0 radical (unpaired) electrons. The zero-order valence-corrected chi connectivity index (χ0v) is 20.9. The number of aliphatic carboxylic acids is 1. The lowest BCUT2D eigenvalue weighted by atomic mass is 9.93. The molecule has 1 aliphatic carbocycles. The SMILES string of the molecule is C#CC(C)Oc1cc(N2C(=O)C3=C(CCCC3)C2=O)c(F)cc1Cl.CP(=O)(O)CCC(N)C(=O)O. The highest BCUT2D eigenvalue weighted by atomic mass is 35.5. The van der Waals surface area contributed by atoms with Crippen molar-refractivity contribution in [2.45, 2.75) is 51.2 Å². The van der Waals surface area contributed by atoms with E-state index in [1.54, 1.807) is 6.92 Å². The fraction of sp³-hybridized carbons (Fsp3) is 0.435. The van der Waals surface area contributed by atoms with E-state index in [2.05, 4.69) is 5.92 Å². The van der Waals surface area contributed by atoms with Crippen LogP contribution in [0.4, 0.5) is 10.1 Å². The van der Waals surface area contributed by atoms with Gasteiger partial charge >= 0.3 is 5.97 Å². The number of halogens is 2. The Kier molecular flexibility index (Phi) is 9.64. The Hall–Kier alpha value is -2.70. The number of carbonyl (C=O) groups excluding carboxylic acids is 2. The summed E-state index contributed by atoms with van der Waals surface area (Å²) >= 11 is 5.97. The van der Waals surface area contributed by atoms with Crippen LogP contribution in [0.2, 0.25) is 5.02 Å². The van der Waals surface area contributed by atoms with Crippen molar-refractivity contribution >= 4 is 42.4 Å². The van der Waals surface area contributed by atoms with Gasteiger partial charge in [0.1, 0.15) is 17.6 Å². The first-order chi connectivity index (χ1) is 16.3. The molecular weight excluding hydrogens is 502 g/mol. The van der Waals surface area contributed by atoms with Gasteiger partial charge in [-0.25, -0.2) is 9.29 Å². The van der Waals surface area contributed by atoms with Crippen molar-refractivity contribution in [1.29, 1.82) is 0 Å². The molecule has 0 saturated carbocycles. The van der Waals surface area contributed by atoms with Gasteiger partial charge < -0.3 is 20.5 Å². The Morgan fingerprint density at radius 3 is 2.31 bits per heavy atom. The quantitative estimate of drug-likeness (QED) is 0.277. The van der Waals surface area contributed by atoms with Gasteiger partial charge in [0.05, 0.1) is 10.7 Å². The monoisotopic (exact) mass is 528 g/mol. The van der Waals surface area contributed by atoms with Gasteiger partial charge in [-0.1, -0.05) is 17.5 Å². The van der Waals surface area contributed by atoms with Crippen LogP contribution in [0.15, 0.2) is 23.3 Å². The van der Waals surface area contributed by atoms with Gasteiger partial charge in [-0.3, -0.25) is 18.9 Å². The Morgan fingerprint density at radius 2 is 1.86 bits per heavy atom. The Balaban J connectivity index is 0.000000334. The average molecular weight is 529 g/mol. The highest BCUT2D eigenvalue weighted by Crippen LogP contribution is 2.39. The van der Waals surface area contributed by atoms with Crippen LogP contribution in [0.25, 0.3) is 0 Å². The van der Waals surface area contributed by atoms with Crippen LogP contribution in [0.3, 0.4) is 0 Å². The fourth-order valence-corrected chi connectivity index (χ4v) is 4.42. The number of carboxylic acid groups (broad SMARTS) is 1. The number of benzene rings is 1. The van der Waals surface area contributed by atoms with Gasteiger partial charge in [0.15, 0.2) is 13.5 Å². The number of hydrogen-bond donors (Lipinski definition) is 3. The Morgan fingerprint density at radius 1 is 1.31 bits per heavy atom. The molecule has 3 rings (SSSR count). The molecule has 0 bridgehead atoms. The van der Waals surface area contributed by atoms with E-state index in [9.17, 15) is 23.3 Å². The van der Waals surface area contributed by atoms with Gasteiger partial charge in [-0.2, -0.15) is 0 Å². The molecule has 0 aromatic heterocycles. The maximum absolute atomic E-state index is 14.4. The van der Waals surface area contributed by atoms with Crippen LogP contribution >= 0.6 is 19.0 Å². The number of nitrogens with zero attached hydrogens (tertiary/aromatic N) is 1. The average Bonchev–Trinajstić information content (AvgIpc) is 3.04. The van der Waals surface area contributed by atoms with E-state index in [4.69, 9.17) is 38.5 Å². The number of hydrogen-bond acceptors (Lipinski definition) is 6. The maximum Gasteiger partial charge on any atom is 0.320 e. The molecule has 1 heterocycles. The van der Waals surface area contributed by atoms with Gasteiger partial charge in [-0.15, -0.1) is 6.42 Å². The van der Waals surface area contributed by atoms with Gasteiger partial charge in [0.2, 0.25) is 0 Å². The van der Waals surface area contributed by atoms with E-state index >= 15 is 0 Å². The highest BCUT2D eigenvalue weighted by Gasteiger charge is 2.41. The van der Waals surface area contributed by atoms with Crippen molar-refractivity contribution in [2.75, 3.05) is 17.7 Å². The fourth-order valence-electron chi connectivity index (χ4n) is 3.46. The summed E-state index contributed by atoms with van der Waals surface area (Å²) in [5.41, 5.74) is 5.90. The minimum Gasteiger partial charge on any atom is -0.480 e. The summed E-state index contributed by atoms with van der Waals surface area (Å²) in [6.07, 6.45) is 7.47. The maximum atomic E-state index is 14.4. The lowest BCUT2D eigenvalue weighted by Gasteiger charge is -2.19. The predicted octanol–water partition coefficient (Wildman–Crippen LogP) is 3.31. The van der Waals surface area contributed by atoms with Crippen LogP contribution in [-0.4, -0.2) is 52.8 Å². The first-order valence-corrected chi connectivity index (χ1v) is 13.4. The van der Waals surface area contributed by atoms with Crippen molar-refractivity contribution in [2.24, 2.45) is 5.73 Å². The smallest absolute Gasteiger partial charge is 0.320 e. The molecular formula is C23H27ClFN2O7P. The van der Waals surface area contributed by atoms with E-state index in [0.29, 0.717) is 24.0 Å². The van der Waals surface area contributed by atoms with Gasteiger partial charge in [0.25, 0.3) is 11.8 Å². The molecule has 12 heteroatoms. The van der Waals surface area contributed by atoms with Crippen molar-refractivity contribution in [3.05, 3.63) is 34.1 Å². The van der Waals surface area contributed by atoms with Crippen LogP contribution in [0, 0.1) is 18.2 Å². The molecule has 190 valence electrons. The second-order valence-corrected chi connectivity index (χ2v) is 11.2. The molecule has 3 atom stereocenters. The zero-order valence-electron chi connectivity index (χ0n) is 19.3. The first-order valence-electron chi connectivity index (χ1n) is 10.8. The second-order valence-electron chi connectivity index (χ2n) is 8.28. The topological polar surface area (TPSA) is 147 Å². The molecule has 3 unspecified atom stereocenters. The third-order valence-electron chi connectivity index (χ3n) is 5.34. The lowest BCUT2D eigenvalue weighted by Crippen LogP contribution is -2.32. The molecule has 2 amide bonds. The molecule has 0 fully saturated rings. The summed E-state index contributed by atoms with van der Waals surface area (Å²) in [5, 5.41) is 8.31. The molecule has 0 saturated heterocycles. The number of amides is 2. The zero-order chi connectivity index (χ0) is 26.5. The molecule has 9 nitrogen and oxygen atoms in total. The van der Waals surface area contributed by atoms with E-state index in [0.717, 1.165) is 23.8 Å². The highest BCUT2D eigenvalue weighted by molar-refractivity contribution is 7.57. The van der Waals surface area contributed by atoms with Crippen molar-refractivity contribution < 1.29 is 38.1 Å². The summed E-state index contributed by atoms with van der Waals surface area (Å²) in [7, 11) is -3.10. The predicted molar refractivity (Wildman–Crippen MR) is 129 cm³/mol. The molecule has 35 heavy (non-hydrogen) atoms. The third kappa shape index (κ3) is 7.39. The van der Waals surface area contributed by atoms with Crippen molar-refractivity contribution in [3.63, 3.8) is 0 Å². The Bertz CT molecular complexity index is 1110. The Labute approximate surface area is 207 Å². The lowest BCUT2D eigenvalue weighted by molar-refractivity contribution is -0.138. The molecule has 2 aliphatic rings. The largest absolute Gasteiger partial charge is 0.480 e. The summed E-state index contributed by atoms with van der Waals surface area (Å²) in [6, 6.07) is 1.24. The second kappa shape index (κ2) is 11.8. The molecule has 1 aromatic carbocycles. The number of imide groups is 1. The van der Waals surface area contributed by atoms with Crippen LogP contribution < -0.4 is 15.4 Å². The standard InChI is InChI=1S/C18H15ClFNO3.C5H12NO4P/c1-3-10(2)24-16-9-15(14(20)8-13(16)19)21-17(22)11-6-4-5-7-12(11)18(21)23;1-11(9,10)3-2-4(6)5(7)8/h1,8-10H,4-7H2,2H3;4H,2-3,6H2,1H3,(H,7,8)(H,9,10). The minimum absolute atomic E-state index is 0.0233. The van der Waals surface area contributed by atoms with E-state index in [-0.39, 0.29) is 29.0 Å². The minimum atomic E-state index is -3.10. The van der Waals surface area contributed by atoms with E-state index < -0.39 is 43.1 Å².